The lowest BCUT2D eigenvalue weighted by Gasteiger charge is -2.13. The zero-order valence-corrected chi connectivity index (χ0v) is 8.95. The lowest BCUT2D eigenvalue weighted by Crippen LogP contribution is -2.29. The molecule has 1 fully saturated rings. The molecule has 1 unspecified atom stereocenters. The number of halogens is 1. The molecule has 1 saturated heterocycles. The van der Waals surface area contributed by atoms with E-state index in [4.69, 9.17) is 0 Å². The van der Waals surface area contributed by atoms with Gasteiger partial charge in [-0.1, -0.05) is 15.9 Å². The smallest absolute Gasteiger partial charge is 0.233 e. The molecule has 0 aromatic rings. The summed E-state index contributed by atoms with van der Waals surface area (Å²) in [4.78, 5) is 13.1. The van der Waals surface area contributed by atoms with Gasteiger partial charge in [0.05, 0.1) is 5.33 Å². The highest BCUT2D eigenvalue weighted by Gasteiger charge is 2.24. The average Bonchev–Trinajstić information content (AvgIpc) is 2.50. The normalized spacial score (nSPS) is 24.2. The molecule has 64 valence electrons. The van der Waals surface area contributed by atoms with Gasteiger partial charge in [0.15, 0.2) is 0 Å². The minimum atomic E-state index is 0.224. The molecule has 2 nitrogen and oxygen atoms in total. The van der Waals surface area contributed by atoms with E-state index in [9.17, 15) is 4.79 Å². The molecule has 0 saturated carbocycles. The largest absolute Gasteiger partial charge is 0.341 e. The Bertz CT molecular complexity index is 153. The van der Waals surface area contributed by atoms with E-state index in [1.54, 1.807) is 0 Å². The van der Waals surface area contributed by atoms with Gasteiger partial charge in [-0.3, -0.25) is 4.79 Å². The topological polar surface area (TPSA) is 20.3 Å². The third-order valence-electron chi connectivity index (χ3n) is 1.95. The predicted octanol–water partition coefficient (Wildman–Crippen LogP) is 1.35. The van der Waals surface area contributed by atoms with Crippen molar-refractivity contribution in [2.24, 2.45) is 0 Å². The summed E-state index contributed by atoms with van der Waals surface area (Å²) in [6.45, 7) is 1.88. The Morgan fingerprint density at radius 1 is 1.82 bits per heavy atom. The SMILES string of the molecule is CSC1CCN(C(=O)CBr)C1. The Hall–Kier alpha value is 0.300. The molecule has 1 rings (SSSR count). The van der Waals surface area contributed by atoms with Crippen molar-refractivity contribution in [1.29, 1.82) is 0 Å². The lowest BCUT2D eigenvalue weighted by molar-refractivity contribution is -0.127. The van der Waals surface area contributed by atoms with Crippen molar-refractivity contribution < 1.29 is 4.79 Å². The lowest BCUT2D eigenvalue weighted by atomic mass is 10.4. The van der Waals surface area contributed by atoms with E-state index in [1.807, 2.05) is 16.7 Å². The number of amides is 1. The molecular weight excluding hydrogens is 226 g/mol. The van der Waals surface area contributed by atoms with Crippen LogP contribution in [0.1, 0.15) is 6.42 Å². The van der Waals surface area contributed by atoms with Crippen LogP contribution in [0.2, 0.25) is 0 Å². The summed E-state index contributed by atoms with van der Waals surface area (Å²) < 4.78 is 0. The fraction of sp³-hybridized carbons (Fsp3) is 0.857. The van der Waals surface area contributed by atoms with E-state index < -0.39 is 0 Å². The molecular formula is C7H12BrNOS. The van der Waals surface area contributed by atoms with Crippen molar-refractivity contribution in [3.63, 3.8) is 0 Å². The Labute approximate surface area is 79.8 Å². The minimum absolute atomic E-state index is 0.224. The van der Waals surface area contributed by atoms with Crippen molar-refractivity contribution >= 4 is 33.6 Å². The van der Waals surface area contributed by atoms with Gasteiger partial charge in [-0.15, -0.1) is 0 Å². The number of carbonyl (C=O) groups is 1. The maximum atomic E-state index is 11.1. The molecule has 0 aromatic carbocycles. The van der Waals surface area contributed by atoms with Crippen LogP contribution in [0.3, 0.4) is 0 Å². The Morgan fingerprint density at radius 3 is 3.00 bits per heavy atom. The maximum Gasteiger partial charge on any atom is 0.233 e. The second kappa shape index (κ2) is 4.36. The van der Waals surface area contributed by atoms with E-state index in [2.05, 4.69) is 22.2 Å². The van der Waals surface area contributed by atoms with Gasteiger partial charge >= 0.3 is 0 Å². The van der Waals surface area contributed by atoms with Crippen LogP contribution in [-0.4, -0.2) is 40.7 Å². The average molecular weight is 238 g/mol. The van der Waals surface area contributed by atoms with E-state index in [0.29, 0.717) is 10.6 Å². The molecule has 1 amide bonds. The number of carbonyl (C=O) groups excluding carboxylic acids is 1. The van der Waals surface area contributed by atoms with Crippen LogP contribution in [0.25, 0.3) is 0 Å². The first-order valence-electron chi connectivity index (χ1n) is 3.64. The van der Waals surface area contributed by atoms with Crippen molar-refractivity contribution in [3.05, 3.63) is 0 Å². The summed E-state index contributed by atoms with van der Waals surface area (Å²) in [5, 5.41) is 1.13. The summed E-state index contributed by atoms with van der Waals surface area (Å²) in [6.07, 6.45) is 3.26. The number of thioether (sulfide) groups is 1. The quantitative estimate of drug-likeness (QED) is 0.677. The first kappa shape index (κ1) is 9.39. The number of rotatable bonds is 2. The molecule has 0 aliphatic carbocycles. The van der Waals surface area contributed by atoms with Crippen LogP contribution < -0.4 is 0 Å². The minimum Gasteiger partial charge on any atom is -0.341 e. The van der Waals surface area contributed by atoms with Gasteiger partial charge in [0, 0.05) is 18.3 Å². The van der Waals surface area contributed by atoms with Gasteiger partial charge in [0.1, 0.15) is 0 Å². The number of nitrogens with zero attached hydrogens (tertiary/aromatic N) is 1. The molecule has 1 aliphatic heterocycles. The fourth-order valence-electron chi connectivity index (χ4n) is 1.23. The van der Waals surface area contributed by atoms with Gasteiger partial charge < -0.3 is 4.90 Å². The van der Waals surface area contributed by atoms with E-state index in [1.165, 1.54) is 0 Å². The van der Waals surface area contributed by atoms with Gasteiger partial charge in [-0.25, -0.2) is 0 Å². The molecule has 1 heterocycles. The molecule has 11 heavy (non-hydrogen) atoms. The highest BCUT2D eigenvalue weighted by molar-refractivity contribution is 9.09. The van der Waals surface area contributed by atoms with Crippen molar-refractivity contribution in [3.8, 4) is 0 Å². The monoisotopic (exact) mass is 237 g/mol. The zero-order chi connectivity index (χ0) is 8.27. The van der Waals surface area contributed by atoms with Crippen LogP contribution in [0.15, 0.2) is 0 Å². The van der Waals surface area contributed by atoms with Gasteiger partial charge in [-0.05, 0) is 12.7 Å². The summed E-state index contributed by atoms with van der Waals surface area (Å²) in [5.41, 5.74) is 0. The van der Waals surface area contributed by atoms with Crippen LogP contribution in [0.4, 0.5) is 0 Å². The third kappa shape index (κ3) is 2.37. The number of likely N-dealkylation sites (tertiary alicyclic amines) is 1. The summed E-state index contributed by atoms with van der Waals surface area (Å²) in [6, 6.07) is 0. The standard InChI is InChI=1S/C7H12BrNOS/c1-11-6-2-3-9(5-6)7(10)4-8/h6H,2-5H2,1H3. The van der Waals surface area contributed by atoms with E-state index >= 15 is 0 Å². The molecule has 4 heteroatoms. The fourth-order valence-corrected chi connectivity index (χ4v) is 2.26. The van der Waals surface area contributed by atoms with Crippen LogP contribution in [0.5, 0.6) is 0 Å². The van der Waals surface area contributed by atoms with Crippen molar-refractivity contribution in [2.75, 3.05) is 24.7 Å². The zero-order valence-electron chi connectivity index (χ0n) is 6.55. The Morgan fingerprint density at radius 2 is 2.55 bits per heavy atom. The van der Waals surface area contributed by atoms with Crippen LogP contribution in [0, 0.1) is 0 Å². The number of alkyl halides is 1. The van der Waals surface area contributed by atoms with E-state index in [0.717, 1.165) is 19.5 Å². The predicted molar refractivity (Wildman–Crippen MR) is 52.3 cm³/mol. The highest BCUT2D eigenvalue weighted by atomic mass is 79.9. The highest BCUT2D eigenvalue weighted by Crippen LogP contribution is 2.20. The van der Waals surface area contributed by atoms with Crippen LogP contribution >= 0.6 is 27.7 Å². The van der Waals surface area contributed by atoms with Gasteiger partial charge in [-0.2, -0.15) is 11.8 Å². The molecule has 0 aromatic heterocycles. The van der Waals surface area contributed by atoms with Gasteiger partial charge in [0.25, 0.3) is 0 Å². The van der Waals surface area contributed by atoms with E-state index in [-0.39, 0.29) is 5.91 Å². The van der Waals surface area contributed by atoms with Crippen molar-refractivity contribution in [1.82, 2.24) is 4.90 Å². The maximum absolute atomic E-state index is 11.1. The summed E-state index contributed by atoms with van der Waals surface area (Å²) >= 11 is 5.02. The second-order valence-electron chi connectivity index (χ2n) is 2.62. The number of hydrogen-bond acceptors (Lipinski definition) is 2. The molecule has 0 radical (unpaired) electrons. The Kier molecular flexibility index (Phi) is 3.72. The molecule has 0 spiro atoms. The number of hydrogen-bond donors (Lipinski definition) is 0. The third-order valence-corrected chi connectivity index (χ3v) is 3.48. The molecule has 0 bridgehead atoms. The Balaban J connectivity index is 2.35. The molecule has 1 atom stereocenters. The first-order chi connectivity index (χ1) is 5.27. The molecule has 0 N–H and O–H groups in total. The summed E-state index contributed by atoms with van der Waals surface area (Å²) in [7, 11) is 0. The first-order valence-corrected chi connectivity index (χ1v) is 6.05. The molecule has 1 aliphatic rings. The van der Waals surface area contributed by atoms with Gasteiger partial charge in [0.2, 0.25) is 5.91 Å². The summed E-state index contributed by atoms with van der Waals surface area (Å²) in [5.74, 6) is 0.224. The van der Waals surface area contributed by atoms with Crippen LogP contribution in [-0.2, 0) is 4.79 Å². The second-order valence-corrected chi connectivity index (χ2v) is 4.32. The van der Waals surface area contributed by atoms with Crippen molar-refractivity contribution in [2.45, 2.75) is 11.7 Å².